The normalized spacial score (nSPS) is 11.2. The highest BCUT2D eigenvalue weighted by Crippen LogP contribution is 2.10. The molecule has 2 rings (SSSR count). The van der Waals surface area contributed by atoms with E-state index in [0.717, 1.165) is 42.6 Å². The Kier molecular flexibility index (Phi) is 15.9. The summed E-state index contributed by atoms with van der Waals surface area (Å²) in [6.45, 7) is 12.1. The minimum absolute atomic E-state index is 0.143. The van der Waals surface area contributed by atoms with Crippen LogP contribution in [-0.2, 0) is 6.42 Å². The van der Waals surface area contributed by atoms with Gasteiger partial charge in [-0.3, -0.25) is 0 Å². The fraction of sp³-hybridized carbons (Fsp3) is 0.520. The second-order valence-corrected chi connectivity index (χ2v) is 6.73. The first-order valence-corrected chi connectivity index (χ1v) is 10.7. The summed E-state index contributed by atoms with van der Waals surface area (Å²) in [7, 11) is 0. The van der Waals surface area contributed by atoms with Crippen LogP contribution in [0.15, 0.2) is 42.7 Å². The molecule has 1 N–H and O–H groups in total. The zero-order valence-electron chi connectivity index (χ0n) is 18.8. The molecular weight excluding hydrogens is 344 g/mol. The molecule has 0 saturated heterocycles. The Balaban J connectivity index is 0.000000478. The molecule has 0 spiro atoms. The maximum atomic E-state index is 9.05. The SMILES string of the molecule is CC.CC(O)CCCCc1ccccc1.CCC/C=C\c1c(C)ncnc1C. The van der Waals surface area contributed by atoms with Gasteiger partial charge in [0, 0.05) is 17.0 Å². The molecule has 0 aliphatic carbocycles. The van der Waals surface area contributed by atoms with Crippen LogP contribution in [0.5, 0.6) is 0 Å². The van der Waals surface area contributed by atoms with Gasteiger partial charge in [0.1, 0.15) is 6.33 Å². The standard InChI is InChI=1S/C12H18O.C11H16N2.C2H6/c1-11(13)7-5-6-10-12-8-3-2-4-9-12;1-4-5-6-7-11-9(2)12-8-13-10(11)3;1-2/h2-4,8-9,11,13H,5-7,10H2,1H3;6-8H,4-5H2,1-3H3;1-2H3/b;7-6-;. The molecule has 0 bridgehead atoms. The largest absolute Gasteiger partial charge is 0.393 e. The maximum absolute atomic E-state index is 9.05. The molecule has 3 heteroatoms. The average molecular weight is 385 g/mol. The number of unbranched alkanes of at least 4 members (excludes halogenated alkanes) is 2. The van der Waals surface area contributed by atoms with Gasteiger partial charge in [-0.25, -0.2) is 9.97 Å². The summed E-state index contributed by atoms with van der Waals surface area (Å²) in [4.78, 5) is 8.31. The quantitative estimate of drug-likeness (QED) is 0.514. The number of hydrogen-bond donors (Lipinski definition) is 1. The summed E-state index contributed by atoms with van der Waals surface area (Å²) in [5.74, 6) is 0. The van der Waals surface area contributed by atoms with E-state index in [2.05, 4.69) is 53.3 Å². The number of aliphatic hydroxyl groups is 1. The Bertz CT molecular complexity index is 616. The van der Waals surface area contributed by atoms with Crippen molar-refractivity contribution in [3.05, 3.63) is 65.2 Å². The van der Waals surface area contributed by atoms with Gasteiger partial charge in [0.15, 0.2) is 0 Å². The van der Waals surface area contributed by atoms with Gasteiger partial charge in [0.25, 0.3) is 0 Å². The summed E-state index contributed by atoms with van der Waals surface area (Å²) in [5.41, 5.74) is 4.67. The molecule has 156 valence electrons. The molecule has 1 aromatic carbocycles. The number of benzene rings is 1. The van der Waals surface area contributed by atoms with Crippen LogP contribution in [0.2, 0.25) is 0 Å². The highest BCUT2D eigenvalue weighted by Gasteiger charge is 1.99. The third-order valence-corrected chi connectivity index (χ3v) is 4.20. The number of allylic oxidation sites excluding steroid dienone is 1. The van der Waals surface area contributed by atoms with Crippen molar-refractivity contribution in [3.63, 3.8) is 0 Å². The zero-order chi connectivity index (χ0) is 21.2. The minimum Gasteiger partial charge on any atom is -0.393 e. The van der Waals surface area contributed by atoms with E-state index in [9.17, 15) is 0 Å². The van der Waals surface area contributed by atoms with Crippen molar-refractivity contribution in [3.8, 4) is 0 Å². The van der Waals surface area contributed by atoms with E-state index >= 15 is 0 Å². The number of nitrogens with zero attached hydrogens (tertiary/aromatic N) is 2. The fourth-order valence-electron chi connectivity index (χ4n) is 2.63. The predicted octanol–water partition coefficient (Wildman–Crippen LogP) is 6.71. The van der Waals surface area contributed by atoms with Crippen LogP contribution in [0.25, 0.3) is 6.08 Å². The van der Waals surface area contributed by atoms with Crippen molar-refractivity contribution in [2.24, 2.45) is 0 Å². The molecule has 1 aromatic heterocycles. The van der Waals surface area contributed by atoms with Gasteiger partial charge in [0.2, 0.25) is 0 Å². The lowest BCUT2D eigenvalue weighted by Crippen LogP contribution is -1.98. The third kappa shape index (κ3) is 12.4. The molecule has 0 saturated carbocycles. The predicted molar refractivity (Wildman–Crippen MR) is 122 cm³/mol. The number of hydrogen-bond acceptors (Lipinski definition) is 3. The van der Waals surface area contributed by atoms with E-state index < -0.39 is 0 Å². The monoisotopic (exact) mass is 384 g/mol. The van der Waals surface area contributed by atoms with Gasteiger partial charge >= 0.3 is 0 Å². The molecule has 3 nitrogen and oxygen atoms in total. The molecule has 1 atom stereocenters. The lowest BCUT2D eigenvalue weighted by Gasteiger charge is -2.03. The Morgan fingerprint density at radius 1 is 1.00 bits per heavy atom. The highest BCUT2D eigenvalue weighted by molar-refractivity contribution is 5.53. The summed E-state index contributed by atoms with van der Waals surface area (Å²) >= 11 is 0. The summed E-state index contributed by atoms with van der Waals surface area (Å²) in [5, 5.41) is 9.05. The second-order valence-electron chi connectivity index (χ2n) is 6.73. The molecule has 28 heavy (non-hydrogen) atoms. The van der Waals surface area contributed by atoms with E-state index in [1.165, 1.54) is 18.4 Å². The second kappa shape index (κ2) is 17.1. The van der Waals surface area contributed by atoms with Gasteiger partial charge in [0.05, 0.1) is 6.10 Å². The van der Waals surface area contributed by atoms with Crippen LogP contribution >= 0.6 is 0 Å². The molecule has 1 unspecified atom stereocenters. The van der Waals surface area contributed by atoms with Crippen LogP contribution < -0.4 is 0 Å². The van der Waals surface area contributed by atoms with Crippen LogP contribution in [-0.4, -0.2) is 21.2 Å². The van der Waals surface area contributed by atoms with E-state index in [0.29, 0.717) is 0 Å². The lowest BCUT2D eigenvalue weighted by atomic mass is 10.1. The Hall–Kier alpha value is -2.00. The molecular formula is C25H40N2O. The Morgan fingerprint density at radius 3 is 2.14 bits per heavy atom. The van der Waals surface area contributed by atoms with Crippen LogP contribution in [0.4, 0.5) is 0 Å². The third-order valence-electron chi connectivity index (χ3n) is 4.20. The van der Waals surface area contributed by atoms with Gasteiger partial charge < -0.3 is 5.11 Å². The fourth-order valence-corrected chi connectivity index (χ4v) is 2.63. The van der Waals surface area contributed by atoms with E-state index in [4.69, 9.17) is 5.11 Å². The minimum atomic E-state index is -0.143. The van der Waals surface area contributed by atoms with Crippen molar-refractivity contribution in [1.82, 2.24) is 9.97 Å². The molecule has 0 aliphatic heterocycles. The first-order valence-electron chi connectivity index (χ1n) is 10.7. The van der Waals surface area contributed by atoms with Gasteiger partial charge in [-0.2, -0.15) is 0 Å². The van der Waals surface area contributed by atoms with Crippen molar-refractivity contribution in [1.29, 1.82) is 0 Å². The molecule has 0 radical (unpaired) electrons. The number of rotatable bonds is 8. The smallest absolute Gasteiger partial charge is 0.115 e. The van der Waals surface area contributed by atoms with Crippen LogP contribution in [0.1, 0.15) is 82.3 Å². The van der Waals surface area contributed by atoms with Gasteiger partial charge in [-0.05, 0) is 52.0 Å². The van der Waals surface area contributed by atoms with E-state index in [1.807, 2.05) is 40.7 Å². The highest BCUT2D eigenvalue weighted by atomic mass is 16.3. The molecule has 0 aliphatic rings. The lowest BCUT2D eigenvalue weighted by molar-refractivity contribution is 0.180. The van der Waals surface area contributed by atoms with Crippen LogP contribution in [0, 0.1) is 13.8 Å². The van der Waals surface area contributed by atoms with E-state index in [1.54, 1.807) is 6.33 Å². The van der Waals surface area contributed by atoms with Crippen molar-refractivity contribution in [2.75, 3.05) is 0 Å². The number of aryl methyl sites for hydroxylation is 3. The van der Waals surface area contributed by atoms with Crippen LogP contribution in [0.3, 0.4) is 0 Å². The average Bonchev–Trinajstić information content (AvgIpc) is 2.70. The van der Waals surface area contributed by atoms with Crippen molar-refractivity contribution < 1.29 is 5.11 Å². The first-order chi connectivity index (χ1) is 13.5. The Labute approximate surface area is 173 Å². The molecule has 0 fully saturated rings. The first kappa shape index (κ1) is 26.0. The van der Waals surface area contributed by atoms with E-state index in [-0.39, 0.29) is 6.10 Å². The summed E-state index contributed by atoms with van der Waals surface area (Å²) in [6.07, 6.45) is 12.4. The molecule has 1 heterocycles. The number of aromatic nitrogens is 2. The molecule has 0 amide bonds. The zero-order valence-corrected chi connectivity index (χ0v) is 18.8. The Morgan fingerprint density at radius 2 is 1.61 bits per heavy atom. The topological polar surface area (TPSA) is 46.0 Å². The van der Waals surface area contributed by atoms with Crippen molar-refractivity contribution >= 4 is 6.08 Å². The van der Waals surface area contributed by atoms with Gasteiger partial charge in [-0.1, -0.05) is 76.1 Å². The summed E-state index contributed by atoms with van der Waals surface area (Å²) in [6, 6.07) is 10.5. The van der Waals surface area contributed by atoms with Gasteiger partial charge in [-0.15, -0.1) is 0 Å². The maximum Gasteiger partial charge on any atom is 0.115 e. The van der Waals surface area contributed by atoms with Crippen molar-refractivity contribution in [2.45, 2.75) is 86.2 Å². The number of aliphatic hydroxyl groups excluding tert-OH is 1. The summed E-state index contributed by atoms with van der Waals surface area (Å²) < 4.78 is 0. The molecule has 2 aromatic rings.